The lowest BCUT2D eigenvalue weighted by Crippen LogP contribution is -2.41. The van der Waals surface area contributed by atoms with E-state index in [1.807, 2.05) is 31.2 Å². The van der Waals surface area contributed by atoms with Crippen LogP contribution in [0.25, 0.3) is 0 Å². The Balaban J connectivity index is 1.95. The van der Waals surface area contributed by atoms with Crippen LogP contribution in [-0.4, -0.2) is 38.1 Å². The number of hydrogen-bond donors (Lipinski definition) is 1. The minimum Gasteiger partial charge on any atom is -0.384 e. The van der Waals surface area contributed by atoms with Gasteiger partial charge in [-0.3, -0.25) is 9.59 Å². The Morgan fingerprint density at radius 3 is 2.75 bits per heavy atom. The fourth-order valence-corrected chi connectivity index (χ4v) is 2.26. The Morgan fingerprint density at radius 1 is 1.40 bits per heavy atom. The number of ether oxygens (including phenoxy) is 1. The molecule has 1 aromatic carbocycles. The number of hydrogen-bond acceptors (Lipinski definition) is 3. The predicted molar refractivity (Wildman–Crippen MR) is 76.6 cm³/mol. The molecule has 5 nitrogen and oxygen atoms in total. The van der Waals surface area contributed by atoms with Crippen LogP contribution in [0.15, 0.2) is 24.3 Å². The number of carbonyl (C=O) groups excluding carboxylic acids is 2. The summed E-state index contributed by atoms with van der Waals surface area (Å²) >= 11 is 0. The van der Waals surface area contributed by atoms with Gasteiger partial charge in [0.25, 0.3) is 0 Å². The predicted octanol–water partition coefficient (Wildman–Crippen LogP) is 1.25. The van der Waals surface area contributed by atoms with Gasteiger partial charge in [0.2, 0.25) is 11.8 Å². The molecule has 1 saturated heterocycles. The van der Waals surface area contributed by atoms with Crippen LogP contribution in [-0.2, 0) is 14.3 Å². The van der Waals surface area contributed by atoms with Gasteiger partial charge in [-0.15, -0.1) is 0 Å². The van der Waals surface area contributed by atoms with Crippen molar-refractivity contribution in [3.8, 4) is 0 Å². The largest absolute Gasteiger partial charge is 0.384 e. The van der Waals surface area contributed by atoms with Crippen molar-refractivity contribution in [3.63, 3.8) is 0 Å². The lowest BCUT2D eigenvalue weighted by atomic mass is 10.2. The summed E-state index contributed by atoms with van der Waals surface area (Å²) in [4.78, 5) is 25.6. The molecule has 0 saturated carbocycles. The van der Waals surface area contributed by atoms with Gasteiger partial charge >= 0.3 is 0 Å². The Bertz CT molecular complexity index is 484. The van der Waals surface area contributed by atoms with Gasteiger partial charge in [0.15, 0.2) is 0 Å². The molecule has 1 atom stereocenters. The Morgan fingerprint density at radius 2 is 2.10 bits per heavy atom. The molecule has 1 aromatic rings. The van der Waals surface area contributed by atoms with Crippen molar-refractivity contribution in [2.45, 2.75) is 25.8 Å². The van der Waals surface area contributed by atoms with Crippen LogP contribution in [0.2, 0.25) is 0 Å². The molecule has 108 valence electrons. The maximum absolute atomic E-state index is 12.3. The van der Waals surface area contributed by atoms with Gasteiger partial charge in [-0.1, -0.05) is 17.7 Å². The molecular formula is C15H20N2O3. The zero-order valence-corrected chi connectivity index (χ0v) is 11.9. The Kier molecular flexibility index (Phi) is 4.74. The van der Waals surface area contributed by atoms with Gasteiger partial charge in [0, 0.05) is 25.8 Å². The van der Waals surface area contributed by atoms with Crippen molar-refractivity contribution in [3.05, 3.63) is 29.8 Å². The van der Waals surface area contributed by atoms with E-state index in [0.717, 1.165) is 11.3 Å². The van der Waals surface area contributed by atoms with Crippen molar-refractivity contribution < 1.29 is 14.3 Å². The number of carbonyl (C=O) groups is 2. The van der Waals surface area contributed by atoms with E-state index in [4.69, 9.17) is 4.74 Å². The molecule has 1 unspecified atom stereocenters. The summed E-state index contributed by atoms with van der Waals surface area (Å²) in [6, 6.07) is 7.41. The highest BCUT2D eigenvalue weighted by Gasteiger charge is 2.33. The zero-order valence-electron chi connectivity index (χ0n) is 11.9. The number of anilines is 1. The third-order valence-corrected chi connectivity index (χ3v) is 3.42. The van der Waals surface area contributed by atoms with Crippen molar-refractivity contribution >= 4 is 17.5 Å². The van der Waals surface area contributed by atoms with Crippen LogP contribution < -0.4 is 10.2 Å². The molecule has 1 fully saturated rings. The topological polar surface area (TPSA) is 58.6 Å². The van der Waals surface area contributed by atoms with Gasteiger partial charge in [0.1, 0.15) is 6.04 Å². The summed E-state index contributed by atoms with van der Waals surface area (Å²) in [6.45, 7) is 3.01. The lowest BCUT2D eigenvalue weighted by Gasteiger charge is -2.17. The summed E-state index contributed by atoms with van der Waals surface area (Å²) in [7, 11) is 1.55. The van der Waals surface area contributed by atoms with Crippen LogP contribution in [0, 0.1) is 6.92 Å². The van der Waals surface area contributed by atoms with Crippen molar-refractivity contribution in [2.75, 3.05) is 25.2 Å². The van der Waals surface area contributed by atoms with E-state index in [1.165, 1.54) is 0 Å². The van der Waals surface area contributed by atoms with Crippen LogP contribution in [0.3, 0.4) is 0 Å². The van der Waals surface area contributed by atoms with Gasteiger partial charge in [-0.2, -0.15) is 0 Å². The number of aryl methyl sites for hydroxylation is 1. The molecule has 0 spiro atoms. The molecular weight excluding hydrogens is 256 g/mol. The molecule has 0 aromatic heterocycles. The quantitative estimate of drug-likeness (QED) is 0.880. The first-order valence-electron chi connectivity index (χ1n) is 6.78. The molecule has 0 bridgehead atoms. The number of nitrogens with one attached hydrogen (secondary N) is 1. The molecule has 1 heterocycles. The summed E-state index contributed by atoms with van der Waals surface area (Å²) in [5.74, 6) is -0.185. The second kappa shape index (κ2) is 6.52. The summed E-state index contributed by atoms with van der Waals surface area (Å²) < 4.78 is 4.85. The van der Waals surface area contributed by atoms with Gasteiger partial charge < -0.3 is 15.0 Å². The second-order valence-corrected chi connectivity index (χ2v) is 4.98. The average Bonchev–Trinajstić information content (AvgIpc) is 2.79. The normalized spacial score (nSPS) is 18.4. The van der Waals surface area contributed by atoms with Crippen LogP contribution in [0.1, 0.15) is 18.4 Å². The summed E-state index contributed by atoms with van der Waals surface area (Å²) in [5, 5.41) is 2.76. The molecule has 0 aliphatic carbocycles. The highest BCUT2D eigenvalue weighted by molar-refractivity contribution is 6.01. The first-order chi connectivity index (χ1) is 9.61. The lowest BCUT2D eigenvalue weighted by molar-refractivity contribution is -0.127. The van der Waals surface area contributed by atoms with Gasteiger partial charge in [-0.25, -0.2) is 0 Å². The van der Waals surface area contributed by atoms with E-state index in [0.29, 0.717) is 19.6 Å². The molecule has 2 rings (SSSR count). The SMILES string of the molecule is COCCC(=O)NC1CCN(c2ccc(C)cc2)C1=O. The fourth-order valence-electron chi connectivity index (χ4n) is 2.26. The van der Waals surface area contributed by atoms with Crippen LogP contribution >= 0.6 is 0 Å². The van der Waals surface area contributed by atoms with Crippen LogP contribution in [0.5, 0.6) is 0 Å². The second-order valence-electron chi connectivity index (χ2n) is 4.98. The Hall–Kier alpha value is -1.88. The molecule has 0 radical (unpaired) electrons. The van der Waals surface area contributed by atoms with E-state index < -0.39 is 6.04 Å². The summed E-state index contributed by atoms with van der Waals surface area (Å²) in [5.41, 5.74) is 2.04. The van der Waals surface area contributed by atoms with Crippen molar-refractivity contribution in [1.82, 2.24) is 5.32 Å². The van der Waals surface area contributed by atoms with Crippen LogP contribution in [0.4, 0.5) is 5.69 Å². The van der Waals surface area contributed by atoms with E-state index in [1.54, 1.807) is 12.0 Å². The molecule has 2 amide bonds. The van der Waals surface area contributed by atoms with Gasteiger partial charge in [0.05, 0.1) is 6.61 Å². The number of nitrogens with zero attached hydrogens (tertiary/aromatic N) is 1. The third kappa shape index (κ3) is 3.36. The van der Waals surface area contributed by atoms with E-state index in [2.05, 4.69) is 5.32 Å². The fraction of sp³-hybridized carbons (Fsp3) is 0.467. The van der Waals surface area contributed by atoms with E-state index in [9.17, 15) is 9.59 Å². The first kappa shape index (κ1) is 14.5. The number of methoxy groups -OCH3 is 1. The maximum Gasteiger partial charge on any atom is 0.249 e. The number of benzene rings is 1. The molecule has 5 heteroatoms. The van der Waals surface area contributed by atoms with E-state index >= 15 is 0 Å². The number of rotatable bonds is 5. The van der Waals surface area contributed by atoms with E-state index in [-0.39, 0.29) is 18.2 Å². The van der Waals surface area contributed by atoms with Crippen molar-refractivity contribution in [2.24, 2.45) is 0 Å². The molecule has 20 heavy (non-hydrogen) atoms. The van der Waals surface area contributed by atoms with Crippen molar-refractivity contribution in [1.29, 1.82) is 0 Å². The van der Waals surface area contributed by atoms with Gasteiger partial charge in [-0.05, 0) is 25.5 Å². The third-order valence-electron chi connectivity index (χ3n) is 3.42. The smallest absolute Gasteiger partial charge is 0.249 e. The molecule has 1 aliphatic rings. The molecule has 1 aliphatic heterocycles. The summed E-state index contributed by atoms with van der Waals surface area (Å²) in [6.07, 6.45) is 0.927. The minimum absolute atomic E-state index is 0.0420. The highest BCUT2D eigenvalue weighted by Crippen LogP contribution is 2.21. The highest BCUT2D eigenvalue weighted by atomic mass is 16.5. The number of amides is 2. The maximum atomic E-state index is 12.3. The monoisotopic (exact) mass is 276 g/mol. The minimum atomic E-state index is -0.416. The average molecular weight is 276 g/mol. The molecule has 1 N–H and O–H groups in total. The Labute approximate surface area is 118 Å². The zero-order chi connectivity index (χ0) is 14.5. The standard InChI is InChI=1S/C15H20N2O3/c1-11-3-5-12(6-4-11)17-9-7-13(15(17)19)16-14(18)8-10-20-2/h3-6,13H,7-10H2,1-2H3,(H,16,18). The first-order valence-corrected chi connectivity index (χ1v) is 6.78.